The number of hydrogen-bond acceptors (Lipinski definition) is 9. The van der Waals surface area contributed by atoms with Gasteiger partial charge in [0.1, 0.15) is 37.3 Å². The maximum Gasteiger partial charge on any atom is 0.351 e. The van der Waals surface area contributed by atoms with Crippen molar-refractivity contribution in [2.24, 2.45) is 0 Å². The lowest BCUT2D eigenvalue weighted by atomic mass is 10.1. The Kier molecular flexibility index (Phi) is 6.04. The summed E-state index contributed by atoms with van der Waals surface area (Å²) in [5.41, 5.74) is 5.43. The molecule has 2 heterocycles. The number of nitrogens with zero attached hydrogens (tertiary/aromatic N) is 2. The SMILES string of the molecule is COCCOOC[C@H]1O[C@@H](n2cc(C)c(N)nc2=O)[C@H](O)[C@@H]1O. The molecule has 0 saturated carbocycles. The van der Waals surface area contributed by atoms with Crippen molar-refractivity contribution in [2.45, 2.75) is 31.5 Å². The molecule has 10 heteroatoms. The highest BCUT2D eigenvalue weighted by Gasteiger charge is 2.44. The first-order valence-electron chi connectivity index (χ1n) is 7.06. The van der Waals surface area contributed by atoms with Crippen LogP contribution in [0.4, 0.5) is 5.82 Å². The number of nitrogen functional groups attached to an aromatic ring is 1. The fraction of sp³-hybridized carbons (Fsp3) is 0.692. The van der Waals surface area contributed by atoms with E-state index < -0.39 is 30.2 Å². The highest BCUT2D eigenvalue weighted by atomic mass is 17.2. The number of aryl methyl sites for hydroxylation is 1. The largest absolute Gasteiger partial charge is 0.387 e. The summed E-state index contributed by atoms with van der Waals surface area (Å²) < 4.78 is 11.4. The van der Waals surface area contributed by atoms with Gasteiger partial charge in [-0.25, -0.2) is 14.6 Å². The minimum Gasteiger partial charge on any atom is -0.387 e. The molecule has 0 aromatic carbocycles. The number of aliphatic hydroxyl groups is 2. The van der Waals surface area contributed by atoms with E-state index in [0.29, 0.717) is 12.2 Å². The highest BCUT2D eigenvalue weighted by molar-refractivity contribution is 5.35. The average Bonchev–Trinajstić information content (AvgIpc) is 2.79. The minimum absolute atomic E-state index is 0.103. The van der Waals surface area contributed by atoms with Gasteiger partial charge in [-0.3, -0.25) is 4.57 Å². The van der Waals surface area contributed by atoms with Crippen LogP contribution in [0.1, 0.15) is 11.8 Å². The monoisotopic (exact) mass is 331 g/mol. The Hall–Kier alpha value is -1.56. The molecule has 0 amide bonds. The third-order valence-corrected chi connectivity index (χ3v) is 3.47. The van der Waals surface area contributed by atoms with Crippen molar-refractivity contribution < 1.29 is 29.5 Å². The molecule has 0 unspecified atom stereocenters. The van der Waals surface area contributed by atoms with E-state index in [9.17, 15) is 15.0 Å². The first kappa shape index (κ1) is 17.8. The molecule has 1 fully saturated rings. The van der Waals surface area contributed by atoms with E-state index in [2.05, 4.69) is 4.98 Å². The number of ether oxygens (including phenoxy) is 2. The van der Waals surface area contributed by atoms with Crippen molar-refractivity contribution in [3.63, 3.8) is 0 Å². The van der Waals surface area contributed by atoms with Crippen LogP contribution < -0.4 is 11.4 Å². The van der Waals surface area contributed by atoms with E-state index in [4.69, 9.17) is 25.0 Å². The molecule has 2 rings (SSSR count). The molecule has 10 nitrogen and oxygen atoms in total. The van der Waals surface area contributed by atoms with Crippen LogP contribution in [0, 0.1) is 6.92 Å². The van der Waals surface area contributed by atoms with Gasteiger partial charge in [-0.05, 0) is 6.92 Å². The molecule has 1 aliphatic rings. The van der Waals surface area contributed by atoms with Crippen molar-refractivity contribution in [3.05, 3.63) is 22.2 Å². The van der Waals surface area contributed by atoms with Crippen LogP contribution in [0.25, 0.3) is 0 Å². The van der Waals surface area contributed by atoms with Crippen molar-refractivity contribution in [3.8, 4) is 0 Å². The maximum absolute atomic E-state index is 11.9. The van der Waals surface area contributed by atoms with E-state index in [-0.39, 0.29) is 19.0 Å². The number of nitrogens with two attached hydrogens (primary N) is 1. The second kappa shape index (κ2) is 7.81. The van der Waals surface area contributed by atoms with Crippen LogP contribution in [0.2, 0.25) is 0 Å². The summed E-state index contributed by atoms with van der Waals surface area (Å²) in [5.74, 6) is 0.103. The van der Waals surface area contributed by atoms with Crippen molar-refractivity contribution in [1.82, 2.24) is 9.55 Å². The van der Waals surface area contributed by atoms with Crippen LogP contribution >= 0.6 is 0 Å². The summed E-state index contributed by atoms with van der Waals surface area (Å²) >= 11 is 0. The number of aromatic nitrogens is 2. The third-order valence-electron chi connectivity index (χ3n) is 3.47. The molecule has 130 valence electrons. The van der Waals surface area contributed by atoms with Crippen LogP contribution in [-0.2, 0) is 19.2 Å². The quantitative estimate of drug-likeness (QED) is 0.304. The Morgan fingerprint density at radius 3 is 2.78 bits per heavy atom. The molecule has 4 atom stereocenters. The normalized spacial score (nSPS) is 27.5. The topological polar surface area (TPSA) is 138 Å². The summed E-state index contributed by atoms with van der Waals surface area (Å²) in [4.78, 5) is 25.3. The van der Waals surface area contributed by atoms with Gasteiger partial charge in [0.05, 0.1) is 6.61 Å². The molecule has 4 N–H and O–H groups in total. The fourth-order valence-corrected chi connectivity index (χ4v) is 2.15. The van der Waals surface area contributed by atoms with Crippen LogP contribution in [-0.4, -0.2) is 65.0 Å². The molecular weight excluding hydrogens is 310 g/mol. The highest BCUT2D eigenvalue weighted by Crippen LogP contribution is 2.29. The molecule has 1 aliphatic heterocycles. The number of aliphatic hydroxyl groups excluding tert-OH is 2. The first-order chi connectivity index (χ1) is 11.0. The standard InChI is InChI=1S/C13H21N3O7/c1-7-5-16(13(19)15-11(7)14)12-10(18)9(17)8(23-12)6-22-21-4-3-20-2/h5,8-10,12,17-18H,3-4,6H2,1-2H3,(H2,14,15,19)/t8-,9-,10-,12-/m1/s1. The van der Waals surface area contributed by atoms with Gasteiger partial charge in [0, 0.05) is 18.9 Å². The van der Waals surface area contributed by atoms with E-state index in [1.54, 1.807) is 6.92 Å². The van der Waals surface area contributed by atoms with Crippen LogP contribution in [0.3, 0.4) is 0 Å². The van der Waals surface area contributed by atoms with Gasteiger partial charge in [-0.2, -0.15) is 4.98 Å². The zero-order chi connectivity index (χ0) is 17.0. The molecule has 1 aromatic heterocycles. The van der Waals surface area contributed by atoms with Gasteiger partial charge in [0.25, 0.3) is 0 Å². The smallest absolute Gasteiger partial charge is 0.351 e. The second-order valence-corrected chi connectivity index (χ2v) is 5.14. The Morgan fingerprint density at radius 2 is 2.09 bits per heavy atom. The van der Waals surface area contributed by atoms with Crippen LogP contribution in [0.5, 0.6) is 0 Å². The predicted molar refractivity (Wildman–Crippen MR) is 77.4 cm³/mol. The summed E-state index contributed by atoms with van der Waals surface area (Å²) in [6, 6.07) is 0. The molecule has 23 heavy (non-hydrogen) atoms. The van der Waals surface area contributed by atoms with E-state index >= 15 is 0 Å². The Labute approximate surface area is 132 Å². The fourth-order valence-electron chi connectivity index (χ4n) is 2.15. The Balaban J connectivity index is 2.02. The van der Waals surface area contributed by atoms with Gasteiger partial charge in [-0.1, -0.05) is 0 Å². The van der Waals surface area contributed by atoms with Gasteiger partial charge >= 0.3 is 5.69 Å². The minimum atomic E-state index is -1.31. The number of hydrogen-bond donors (Lipinski definition) is 3. The lowest BCUT2D eigenvalue weighted by Gasteiger charge is -2.17. The van der Waals surface area contributed by atoms with E-state index in [1.807, 2.05) is 0 Å². The summed E-state index contributed by atoms with van der Waals surface area (Å²) in [6.07, 6.45) is -3.08. The molecule has 0 aliphatic carbocycles. The van der Waals surface area contributed by atoms with E-state index in [1.165, 1.54) is 13.3 Å². The molecule has 1 aromatic rings. The lowest BCUT2D eigenvalue weighted by Crippen LogP contribution is -2.36. The van der Waals surface area contributed by atoms with E-state index in [0.717, 1.165) is 4.57 Å². The van der Waals surface area contributed by atoms with Crippen molar-refractivity contribution in [1.29, 1.82) is 0 Å². The summed E-state index contributed by atoms with van der Waals surface area (Å²) in [5, 5.41) is 20.1. The van der Waals surface area contributed by atoms with Gasteiger partial charge in [-0.15, -0.1) is 0 Å². The van der Waals surface area contributed by atoms with Crippen molar-refractivity contribution >= 4 is 5.82 Å². The van der Waals surface area contributed by atoms with Gasteiger partial charge in [0.15, 0.2) is 6.23 Å². The summed E-state index contributed by atoms with van der Waals surface area (Å²) in [7, 11) is 1.52. The number of anilines is 1. The summed E-state index contributed by atoms with van der Waals surface area (Å²) in [6.45, 7) is 2.12. The second-order valence-electron chi connectivity index (χ2n) is 5.14. The van der Waals surface area contributed by atoms with Gasteiger partial charge < -0.3 is 25.4 Å². The van der Waals surface area contributed by atoms with Crippen molar-refractivity contribution in [2.75, 3.05) is 32.7 Å². The number of rotatable bonds is 7. The van der Waals surface area contributed by atoms with Gasteiger partial charge in [0.2, 0.25) is 0 Å². The molecule has 1 saturated heterocycles. The molecule has 0 radical (unpaired) electrons. The van der Waals surface area contributed by atoms with Crippen LogP contribution in [0.15, 0.2) is 11.0 Å². The number of methoxy groups -OCH3 is 1. The third kappa shape index (κ3) is 4.05. The zero-order valence-electron chi connectivity index (χ0n) is 12.9. The zero-order valence-corrected chi connectivity index (χ0v) is 12.9. The predicted octanol–water partition coefficient (Wildman–Crippen LogP) is -1.65. The molecule has 0 spiro atoms. The molecular formula is C13H21N3O7. The Bertz CT molecular complexity index is 579. The average molecular weight is 331 g/mol. The molecule has 0 bridgehead atoms. The maximum atomic E-state index is 11.9. The lowest BCUT2D eigenvalue weighted by molar-refractivity contribution is -0.313. The first-order valence-corrected chi connectivity index (χ1v) is 7.06. The Morgan fingerprint density at radius 1 is 1.35 bits per heavy atom.